The van der Waals surface area contributed by atoms with Crippen molar-refractivity contribution in [3.8, 4) is 0 Å². The van der Waals surface area contributed by atoms with Crippen LogP contribution >= 0.6 is 0 Å². The fraction of sp³-hybridized carbons (Fsp3) is 0.500. The van der Waals surface area contributed by atoms with Gasteiger partial charge in [-0.2, -0.15) is 0 Å². The van der Waals surface area contributed by atoms with Crippen LogP contribution in [0.1, 0.15) is 0 Å². The van der Waals surface area contributed by atoms with E-state index >= 15 is 0 Å². The third kappa shape index (κ3) is 4.85. The number of nitrogens with two attached hydrogens (primary N) is 2. The number of oxime groups is 1. The maximum Gasteiger partial charge on any atom is 0.231 e. The highest BCUT2D eigenvalue weighted by Crippen LogP contribution is 1.61. The molecule has 0 saturated carbocycles. The van der Waals surface area contributed by atoms with Gasteiger partial charge in [-0.05, 0) is 0 Å². The van der Waals surface area contributed by atoms with E-state index in [0.29, 0.717) is 0 Å². The van der Waals surface area contributed by atoms with Crippen LogP contribution in [0.2, 0.25) is 0 Å². The van der Waals surface area contributed by atoms with Gasteiger partial charge in [-0.25, -0.2) is 0 Å². The zero-order valence-corrected chi connectivity index (χ0v) is 5.37. The molecule has 6 nitrogen and oxygen atoms in total. The first-order chi connectivity index (χ1) is 4.66. The van der Waals surface area contributed by atoms with E-state index in [-0.39, 0.29) is 18.9 Å². The molecule has 0 aliphatic rings. The molecule has 1 amide bonds. The monoisotopic (exact) mass is 146 g/mol. The van der Waals surface area contributed by atoms with E-state index in [1.165, 1.54) is 0 Å². The summed E-state index contributed by atoms with van der Waals surface area (Å²) in [5, 5.41) is 13.2. The molecule has 0 rings (SSSR count). The summed E-state index contributed by atoms with van der Waals surface area (Å²) in [6.07, 6.45) is 0. The van der Waals surface area contributed by atoms with E-state index in [9.17, 15) is 4.79 Å². The summed E-state index contributed by atoms with van der Waals surface area (Å²) < 4.78 is 0. The zero-order chi connectivity index (χ0) is 7.98. The summed E-state index contributed by atoms with van der Waals surface area (Å²) in [6.45, 7) is 0.176. The predicted octanol–water partition coefficient (Wildman–Crippen LogP) is -2.19. The average Bonchev–Trinajstić information content (AvgIpc) is 1.87. The molecule has 6 heteroatoms. The lowest BCUT2D eigenvalue weighted by Crippen LogP contribution is -2.35. The van der Waals surface area contributed by atoms with Crippen LogP contribution in [0.5, 0.6) is 0 Å². The third-order valence-electron chi connectivity index (χ3n) is 0.734. The number of nitrogens with zero attached hydrogens (tertiary/aromatic N) is 1. The van der Waals surface area contributed by atoms with Gasteiger partial charge in [0.25, 0.3) is 0 Å². The second-order valence-corrected chi connectivity index (χ2v) is 1.66. The van der Waals surface area contributed by atoms with Crippen LogP contribution in [0.3, 0.4) is 0 Å². The summed E-state index contributed by atoms with van der Waals surface area (Å²) >= 11 is 0. The number of carbonyl (C=O) groups excluding carboxylic acids is 1. The lowest BCUT2D eigenvalue weighted by atomic mass is 10.5. The fourth-order valence-corrected chi connectivity index (χ4v) is 0.349. The van der Waals surface area contributed by atoms with Gasteiger partial charge in [-0.15, -0.1) is 0 Å². The van der Waals surface area contributed by atoms with Crippen molar-refractivity contribution in [1.29, 1.82) is 0 Å². The van der Waals surface area contributed by atoms with E-state index < -0.39 is 5.91 Å². The number of amides is 1. The Morgan fingerprint density at radius 1 is 1.50 bits per heavy atom. The molecule has 0 aliphatic carbocycles. The van der Waals surface area contributed by atoms with Crippen LogP contribution in [-0.4, -0.2) is 30.0 Å². The molecular weight excluding hydrogens is 136 g/mol. The molecule has 0 aromatic rings. The van der Waals surface area contributed by atoms with Crippen LogP contribution in [0.4, 0.5) is 0 Å². The molecule has 6 N–H and O–H groups in total. The highest BCUT2D eigenvalue weighted by atomic mass is 16.4. The molecular formula is C4H10N4O2. The Balaban J connectivity index is 3.29. The molecule has 0 aromatic heterocycles. The van der Waals surface area contributed by atoms with E-state index in [0.717, 1.165) is 0 Å². The zero-order valence-electron chi connectivity index (χ0n) is 5.37. The first kappa shape index (κ1) is 8.70. The lowest BCUT2D eigenvalue weighted by molar-refractivity contribution is -0.117. The Hall–Kier alpha value is -1.30. The first-order valence-corrected chi connectivity index (χ1v) is 2.62. The van der Waals surface area contributed by atoms with Crippen molar-refractivity contribution in [3.05, 3.63) is 0 Å². The van der Waals surface area contributed by atoms with Crippen molar-refractivity contribution < 1.29 is 10.0 Å². The van der Waals surface area contributed by atoms with Crippen LogP contribution in [-0.2, 0) is 4.79 Å². The van der Waals surface area contributed by atoms with Gasteiger partial charge in [0, 0.05) is 0 Å². The third-order valence-corrected chi connectivity index (χ3v) is 0.734. The number of amidine groups is 1. The number of hydrogen-bond donors (Lipinski definition) is 4. The molecule has 10 heavy (non-hydrogen) atoms. The summed E-state index contributed by atoms with van der Waals surface area (Å²) in [6, 6.07) is 0. The predicted molar refractivity (Wildman–Crippen MR) is 35.5 cm³/mol. The van der Waals surface area contributed by atoms with Gasteiger partial charge in [0.2, 0.25) is 5.91 Å². The van der Waals surface area contributed by atoms with Crippen LogP contribution in [0, 0.1) is 0 Å². The summed E-state index contributed by atoms with van der Waals surface area (Å²) in [5.74, 6) is -0.466. The van der Waals surface area contributed by atoms with E-state index in [4.69, 9.17) is 16.7 Å². The largest absolute Gasteiger partial charge is 0.409 e. The minimum atomic E-state index is -0.481. The quantitative estimate of drug-likeness (QED) is 0.156. The summed E-state index contributed by atoms with van der Waals surface area (Å²) in [5.41, 5.74) is 9.82. The average molecular weight is 146 g/mol. The smallest absolute Gasteiger partial charge is 0.231 e. The number of hydrogen-bond acceptors (Lipinski definition) is 4. The lowest BCUT2D eigenvalue weighted by Gasteiger charge is -1.97. The maximum absolute atomic E-state index is 10.1. The van der Waals surface area contributed by atoms with Crippen LogP contribution < -0.4 is 16.8 Å². The van der Waals surface area contributed by atoms with E-state index in [1.54, 1.807) is 0 Å². The molecule has 0 bridgehead atoms. The van der Waals surface area contributed by atoms with Gasteiger partial charge in [0.05, 0.1) is 13.1 Å². The molecule has 58 valence electrons. The molecule has 0 spiro atoms. The van der Waals surface area contributed by atoms with Crippen molar-refractivity contribution in [3.63, 3.8) is 0 Å². The Morgan fingerprint density at radius 2 is 2.10 bits per heavy atom. The highest BCUT2D eigenvalue weighted by molar-refractivity contribution is 5.82. The van der Waals surface area contributed by atoms with Gasteiger partial charge in [0.15, 0.2) is 5.84 Å². The topological polar surface area (TPSA) is 114 Å². The minimum absolute atomic E-state index is 0.0150. The number of rotatable bonds is 4. The van der Waals surface area contributed by atoms with Gasteiger partial charge in [0.1, 0.15) is 0 Å². The van der Waals surface area contributed by atoms with Crippen LogP contribution in [0.25, 0.3) is 0 Å². The van der Waals surface area contributed by atoms with E-state index in [1.807, 2.05) is 0 Å². The van der Waals surface area contributed by atoms with Crippen LogP contribution in [0.15, 0.2) is 5.16 Å². The standard InChI is InChI=1S/C4H10N4O2/c5-3(8-10)1-7-2-4(6)9/h7,10H,1-2H2,(H2,5,8)(H2,6,9). The Morgan fingerprint density at radius 3 is 2.50 bits per heavy atom. The second kappa shape index (κ2) is 4.57. The summed E-state index contributed by atoms with van der Waals surface area (Å²) in [4.78, 5) is 10.1. The number of carbonyl (C=O) groups is 1. The normalized spacial score (nSPS) is 11.4. The molecule has 0 aliphatic heterocycles. The van der Waals surface area contributed by atoms with Crippen molar-refractivity contribution in [2.45, 2.75) is 0 Å². The van der Waals surface area contributed by atoms with Gasteiger partial charge in [-0.1, -0.05) is 5.16 Å². The molecule has 0 heterocycles. The molecule has 0 aromatic carbocycles. The van der Waals surface area contributed by atoms with Gasteiger partial charge >= 0.3 is 0 Å². The molecule has 0 saturated heterocycles. The van der Waals surface area contributed by atoms with E-state index in [2.05, 4.69) is 10.5 Å². The SMILES string of the molecule is NC(=O)CNCC(N)=NO. The highest BCUT2D eigenvalue weighted by Gasteiger charge is 1.94. The Kier molecular flexibility index (Phi) is 3.97. The first-order valence-electron chi connectivity index (χ1n) is 2.62. The Labute approximate surface area is 57.9 Å². The molecule has 0 atom stereocenters. The van der Waals surface area contributed by atoms with Crippen molar-refractivity contribution in [1.82, 2.24) is 5.32 Å². The van der Waals surface area contributed by atoms with Crippen molar-refractivity contribution in [2.75, 3.05) is 13.1 Å². The maximum atomic E-state index is 10.1. The fourth-order valence-electron chi connectivity index (χ4n) is 0.349. The number of primary amides is 1. The van der Waals surface area contributed by atoms with Gasteiger partial charge in [-0.3, -0.25) is 4.79 Å². The molecule has 0 unspecified atom stereocenters. The second-order valence-electron chi connectivity index (χ2n) is 1.66. The molecule has 0 radical (unpaired) electrons. The Bertz CT molecular complexity index is 144. The molecule has 0 fully saturated rings. The van der Waals surface area contributed by atoms with Crippen molar-refractivity contribution in [2.24, 2.45) is 16.6 Å². The van der Waals surface area contributed by atoms with Gasteiger partial charge < -0.3 is 22.0 Å². The number of nitrogens with one attached hydrogen (secondary N) is 1. The summed E-state index contributed by atoms with van der Waals surface area (Å²) in [7, 11) is 0. The van der Waals surface area contributed by atoms with Crippen molar-refractivity contribution >= 4 is 11.7 Å². The minimum Gasteiger partial charge on any atom is -0.409 e.